The van der Waals surface area contributed by atoms with Crippen LogP contribution in [0.25, 0.3) is 28.0 Å². The molecule has 7 nitrogen and oxygen atoms in total. The molecular weight excluding hydrogens is 467 g/mol. The first-order chi connectivity index (χ1) is 17.4. The predicted molar refractivity (Wildman–Crippen MR) is 131 cm³/mol. The lowest BCUT2D eigenvalue weighted by Crippen LogP contribution is -2.32. The highest BCUT2D eigenvalue weighted by molar-refractivity contribution is 5.90. The molecule has 5 aromatic rings. The fourth-order valence-electron chi connectivity index (χ4n) is 4.05. The van der Waals surface area contributed by atoms with Crippen molar-refractivity contribution in [2.75, 3.05) is 11.9 Å². The fourth-order valence-corrected chi connectivity index (χ4v) is 4.05. The number of nitrogens with two attached hydrogens (primary N) is 1. The van der Waals surface area contributed by atoms with Gasteiger partial charge in [-0.2, -0.15) is 13.2 Å². The molecule has 0 saturated carbocycles. The third-order valence-corrected chi connectivity index (χ3v) is 5.75. The quantitative estimate of drug-likeness (QED) is 0.339. The van der Waals surface area contributed by atoms with Gasteiger partial charge < -0.3 is 11.1 Å². The van der Waals surface area contributed by atoms with Crippen molar-refractivity contribution in [3.63, 3.8) is 0 Å². The molecule has 0 aliphatic heterocycles. The van der Waals surface area contributed by atoms with Crippen molar-refractivity contribution < 1.29 is 13.2 Å². The second kappa shape index (κ2) is 9.74. The van der Waals surface area contributed by atoms with Crippen LogP contribution < -0.4 is 11.1 Å². The molecule has 0 aliphatic rings. The zero-order valence-corrected chi connectivity index (χ0v) is 19.0. The number of nitrogens with zero attached hydrogens (tertiary/aromatic N) is 5. The van der Waals surface area contributed by atoms with E-state index in [9.17, 15) is 13.2 Å². The van der Waals surface area contributed by atoms with E-state index in [4.69, 9.17) is 10.7 Å². The molecule has 3 heterocycles. The maximum Gasteiger partial charge on any atom is 0.416 e. The first kappa shape index (κ1) is 23.4. The molecular formula is C26H22F3N7. The Morgan fingerprint density at radius 1 is 0.944 bits per heavy atom. The van der Waals surface area contributed by atoms with Crippen molar-refractivity contribution in [3.8, 4) is 22.4 Å². The van der Waals surface area contributed by atoms with Crippen LogP contribution in [0, 0.1) is 0 Å². The molecule has 0 saturated heterocycles. The minimum absolute atomic E-state index is 0.201. The van der Waals surface area contributed by atoms with Gasteiger partial charge in [-0.15, -0.1) is 10.2 Å². The van der Waals surface area contributed by atoms with Gasteiger partial charge in [0.05, 0.1) is 16.8 Å². The molecule has 3 aromatic heterocycles. The van der Waals surface area contributed by atoms with Crippen LogP contribution in [0.1, 0.15) is 11.1 Å². The third-order valence-electron chi connectivity index (χ3n) is 5.75. The van der Waals surface area contributed by atoms with E-state index in [0.29, 0.717) is 46.9 Å². The average molecular weight is 490 g/mol. The van der Waals surface area contributed by atoms with Crippen LogP contribution in [0.3, 0.4) is 0 Å². The van der Waals surface area contributed by atoms with Crippen molar-refractivity contribution >= 4 is 11.6 Å². The van der Waals surface area contributed by atoms with Crippen molar-refractivity contribution in [2.45, 2.75) is 18.6 Å². The maximum absolute atomic E-state index is 13.5. The number of nitrogens with one attached hydrogen (secondary N) is 1. The lowest BCUT2D eigenvalue weighted by atomic mass is 9.99. The molecule has 0 radical (unpaired) electrons. The van der Waals surface area contributed by atoms with E-state index >= 15 is 0 Å². The van der Waals surface area contributed by atoms with Crippen LogP contribution in [0.5, 0.6) is 0 Å². The van der Waals surface area contributed by atoms with Gasteiger partial charge in [0.2, 0.25) is 5.95 Å². The SMILES string of the molecule is N[C@@H](CNc1nc(-c2ccncc2)c(-c2cccc(C(F)(F)F)c2)c2nncn12)Cc1ccccc1. The number of hydrogen-bond acceptors (Lipinski definition) is 6. The molecule has 0 bridgehead atoms. The first-order valence-electron chi connectivity index (χ1n) is 11.3. The fraction of sp³-hybridized carbons (Fsp3) is 0.154. The van der Waals surface area contributed by atoms with E-state index < -0.39 is 11.7 Å². The van der Waals surface area contributed by atoms with E-state index in [2.05, 4.69) is 20.5 Å². The maximum atomic E-state index is 13.5. The molecule has 5 rings (SSSR count). The summed E-state index contributed by atoms with van der Waals surface area (Å²) in [5.74, 6) is 0.432. The molecule has 0 aliphatic carbocycles. The molecule has 2 aromatic carbocycles. The number of halogens is 3. The molecule has 0 fully saturated rings. The molecule has 3 N–H and O–H groups in total. The summed E-state index contributed by atoms with van der Waals surface area (Å²) in [4.78, 5) is 8.85. The van der Waals surface area contributed by atoms with Gasteiger partial charge in [-0.05, 0) is 41.8 Å². The van der Waals surface area contributed by atoms with Gasteiger partial charge >= 0.3 is 6.18 Å². The van der Waals surface area contributed by atoms with Gasteiger partial charge in [-0.1, -0.05) is 42.5 Å². The summed E-state index contributed by atoms with van der Waals surface area (Å²) in [6.07, 6.45) is 0.855. The Kier molecular flexibility index (Phi) is 6.34. The van der Waals surface area contributed by atoms with Gasteiger partial charge in [-0.25, -0.2) is 4.98 Å². The minimum atomic E-state index is -4.49. The average Bonchev–Trinajstić information content (AvgIpc) is 3.38. The van der Waals surface area contributed by atoms with Crippen molar-refractivity contribution in [1.82, 2.24) is 24.6 Å². The van der Waals surface area contributed by atoms with Gasteiger partial charge in [0.1, 0.15) is 6.33 Å². The second-order valence-corrected chi connectivity index (χ2v) is 8.33. The molecule has 36 heavy (non-hydrogen) atoms. The highest BCUT2D eigenvalue weighted by Gasteiger charge is 2.31. The highest BCUT2D eigenvalue weighted by Crippen LogP contribution is 2.38. The Balaban J connectivity index is 1.57. The Labute approximate surface area is 204 Å². The van der Waals surface area contributed by atoms with E-state index in [-0.39, 0.29) is 6.04 Å². The van der Waals surface area contributed by atoms with Crippen LogP contribution in [0.15, 0.2) is 85.5 Å². The smallest absolute Gasteiger partial charge is 0.354 e. The minimum Gasteiger partial charge on any atom is -0.354 e. The number of anilines is 1. The Morgan fingerprint density at radius 3 is 2.47 bits per heavy atom. The topological polar surface area (TPSA) is 94.0 Å². The predicted octanol–water partition coefficient (Wildman–Crippen LogP) is 4.85. The summed E-state index contributed by atoms with van der Waals surface area (Å²) in [5, 5.41) is 11.5. The van der Waals surface area contributed by atoms with Gasteiger partial charge in [0.15, 0.2) is 5.65 Å². The Morgan fingerprint density at radius 2 is 1.72 bits per heavy atom. The van der Waals surface area contributed by atoms with E-state index in [1.54, 1.807) is 35.0 Å². The summed E-state index contributed by atoms with van der Waals surface area (Å²) in [5.41, 5.74) is 8.98. The highest BCUT2D eigenvalue weighted by atomic mass is 19.4. The zero-order chi connectivity index (χ0) is 25.1. The van der Waals surface area contributed by atoms with E-state index in [1.165, 1.54) is 12.4 Å². The molecule has 10 heteroatoms. The summed E-state index contributed by atoms with van der Waals surface area (Å²) in [6, 6.07) is 18.3. The van der Waals surface area contributed by atoms with Gasteiger partial charge in [0.25, 0.3) is 0 Å². The van der Waals surface area contributed by atoms with E-state index in [1.807, 2.05) is 30.3 Å². The van der Waals surface area contributed by atoms with Gasteiger partial charge in [0, 0.05) is 30.5 Å². The second-order valence-electron chi connectivity index (χ2n) is 8.33. The standard InChI is InChI=1S/C26H22F3N7/c27-26(28,29)20-8-4-7-19(14-20)22-23(18-9-11-31-12-10-18)34-25(36-16-33-35-24(22)36)32-15-21(30)13-17-5-2-1-3-6-17/h1-12,14,16,21H,13,15,30H2,(H,32,34)/t21-/m1/s1. The molecule has 1 atom stereocenters. The van der Waals surface area contributed by atoms with E-state index in [0.717, 1.165) is 17.7 Å². The number of fused-ring (bicyclic) bond motifs is 1. The van der Waals surface area contributed by atoms with Crippen LogP contribution in [0.2, 0.25) is 0 Å². The first-order valence-corrected chi connectivity index (χ1v) is 11.3. The normalized spacial score (nSPS) is 12.6. The Bertz CT molecular complexity index is 1470. The number of aromatic nitrogens is 5. The van der Waals surface area contributed by atoms with Gasteiger partial charge in [-0.3, -0.25) is 9.38 Å². The zero-order valence-electron chi connectivity index (χ0n) is 19.0. The van der Waals surface area contributed by atoms with Crippen molar-refractivity contribution in [2.24, 2.45) is 5.73 Å². The lowest BCUT2D eigenvalue weighted by Gasteiger charge is -2.18. The van der Waals surface area contributed by atoms with Crippen molar-refractivity contribution in [1.29, 1.82) is 0 Å². The largest absolute Gasteiger partial charge is 0.416 e. The number of pyridine rings is 1. The van der Waals surface area contributed by atoms with Crippen LogP contribution in [-0.2, 0) is 12.6 Å². The number of hydrogen-bond donors (Lipinski definition) is 2. The monoisotopic (exact) mass is 489 g/mol. The van der Waals surface area contributed by atoms with Crippen LogP contribution in [0.4, 0.5) is 19.1 Å². The molecule has 182 valence electrons. The lowest BCUT2D eigenvalue weighted by molar-refractivity contribution is -0.137. The third kappa shape index (κ3) is 4.89. The van der Waals surface area contributed by atoms with Crippen molar-refractivity contribution in [3.05, 3.63) is 96.6 Å². The summed E-state index contributed by atoms with van der Waals surface area (Å²) < 4.78 is 42.1. The Hall–Kier alpha value is -4.31. The summed E-state index contributed by atoms with van der Waals surface area (Å²) >= 11 is 0. The molecule has 0 spiro atoms. The number of alkyl halides is 3. The number of benzene rings is 2. The van der Waals surface area contributed by atoms with Crippen LogP contribution in [-0.4, -0.2) is 37.2 Å². The van der Waals surface area contributed by atoms with Crippen LogP contribution >= 0.6 is 0 Å². The molecule has 0 unspecified atom stereocenters. The summed E-state index contributed by atoms with van der Waals surface area (Å²) in [6.45, 7) is 0.411. The molecule has 0 amide bonds. The number of rotatable bonds is 7. The summed E-state index contributed by atoms with van der Waals surface area (Å²) in [7, 11) is 0.